The number of anilines is 1. The molecule has 0 aromatic heterocycles. The highest BCUT2D eigenvalue weighted by Crippen LogP contribution is 1.95. The fraction of sp³-hybridized carbons (Fsp3) is 0. The van der Waals surface area contributed by atoms with Crippen LogP contribution in [0.2, 0.25) is 0 Å². The van der Waals surface area contributed by atoms with Gasteiger partial charge < -0.3 is 11.1 Å². The molecule has 0 radical (unpaired) electrons. The van der Waals surface area contributed by atoms with Crippen molar-refractivity contribution in [2.45, 2.75) is 0 Å². The van der Waals surface area contributed by atoms with E-state index in [9.17, 15) is 0 Å². The number of hydrogen-bond donors (Lipinski definition) is 1. The Labute approximate surface area is 59.0 Å². The van der Waals surface area contributed by atoms with E-state index in [-0.39, 0.29) is 0 Å². The monoisotopic (exact) mass is 135 g/mol. The molecular weight excluding hydrogens is 128 g/mol. The summed E-state index contributed by atoms with van der Waals surface area (Å²) in [5, 5.41) is 6.76. The molecule has 0 aliphatic heterocycles. The Hall–Kier alpha value is -1.60. The quantitative estimate of drug-likeness (QED) is 0.329. The van der Waals surface area contributed by atoms with Crippen LogP contribution < -0.4 is 5.73 Å². The summed E-state index contributed by atoms with van der Waals surface area (Å²) in [6.45, 7) is 0. The van der Waals surface area contributed by atoms with Crippen LogP contribution in [0.4, 0.5) is 5.69 Å². The van der Waals surface area contributed by atoms with Crippen LogP contribution in [0.5, 0.6) is 0 Å². The van der Waals surface area contributed by atoms with Gasteiger partial charge in [0.05, 0.1) is 0 Å². The minimum Gasteiger partial charge on any atom is -0.724 e. The normalized spacial score (nSPS) is 6.80. The molecule has 1 rings (SSSR count). The van der Waals surface area contributed by atoms with Gasteiger partial charge in [0, 0.05) is 5.69 Å². The van der Waals surface area contributed by atoms with Crippen LogP contribution in [-0.4, -0.2) is 6.08 Å². The molecule has 2 N–H and O–H groups in total. The van der Waals surface area contributed by atoms with Crippen LogP contribution in [0, 0.1) is 0 Å². The van der Waals surface area contributed by atoms with Gasteiger partial charge >= 0.3 is 0 Å². The maximum Gasteiger partial charge on any atom is 0.0313 e. The second-order valence-corrected chi connectivity index (χ2v) is 1.50. The van der Waals surface area contributed by atoms with Gasteiger partial charge in [-0.15, -0.1) is 0 Å². The maximum absolute atomic E-state index is 8.24. The van der Waals surface area contributed by atoms with E-state index in [1.54, 1.807) is 0 Å². The summed E-state index contributed by atoms with van der Waals surface area (Å²) < 4.78 is 0. The van der Waals surface area contributed by atoms with Crippen LogP contribution in [0.3, 0.4) is 0 Å². The molecule has 0 atom stereocenters. The maximum atomic E-state index is 8.24. The van der Waals surface area contributed by atoms with Gasteiger partial charge in [-0.1, -0.05) is 18.2 Å². The lowest BCUT2D eigenvalue weighted by molar-refractivity contribution is 0.569. The number of hydrogen-bond acceptors (Lipinski definition) is 2. The summed E-state index contributed by atoms with van der Waals surface area (Å²) in [6, 6.07) is 9.49. The van der Waals surface area contributed by atoms with Gasteiger partial charge in [0.1, 0.15) is 0 Å². The van der Waals surface area contributed by atoms with Gasteiger partial charge in [-0.3, -0.25) is 4.79 Å². The average Bonchev–Trinajstić information content (AvgIpc) is 1.91. The first-order valence-electron chi connectivity index (χ1n) is 2.63. The Morgan fingerprint density at radius 3 is 1.90 bits per heavy atom. The minimum absolute atomic E-state index is 0.500. The summed E-state index contributed by atoms with van der Waals surface area (Å²) in [5.74, 6) is 0. The Morgan fingerprint density at radius 1 is 1.30 bits per heavy atom. The number of isocyanates is 1. The van der Waals surface area contributed by atoms with E-state index >= 15 is 0 Å². The van der Waals surface area contributed by atoms with Crippen molar-refractivity contribution in [3.8, 4) is 0 Å². The molecule has 0 spiro atoms. The summed E-state index contributed by atoms with van der Waals surface area (Å²) in [4.78, 5) is 8.24. The first-order valence-corrected chi connectivity index (χ1v) is 2.63. The number of nitrogens with zero attached hydrogens (tertiary/aromatic N) is 1. The lowest BCUT2D eigenvalue weighted by atomic mass is 10.3. The van der Waals surface area contributed by atoms with Crippen molar-refractivity contribution in [2.24, 2.45) is 0 Å². The molecule has 0 bridgehead atoms. The molecule has 10 heavy (non-hydrogen) atoms. The first kappa shape index (κ1) is 8.40. The molecule has 3 heteroatoms. The van der Waals surface area contributed by atoms with Gasteiger partial charge in [-0.2, -0.15) is 0 Å². The van der Waals surface area contributed by atoms with E-state index in [1.807, 2.05) is 30.3 Å². The van der Waals surface area contributed by atoms with E-state index in [0.717, 1.165) is 5.69 Å². The van der Waals surface area contributed by atoms with Crippen LogP contribution in [0.25, 0.3) is 5.41 Å². The van der Waals surface area contributed by atoms with Crippen LogP contribution >= 0.6 is 0 Å². The van der Waals surface area contributed by atoms with Crippen molar-refractivity contribution >= 4 is 11.8 Å². The molecule has 0 aliphatic rings. The molecule has 0 saturated carbocycles. The van der Waals surface area contributed by atoms with E-state index in [2.05, 4.69) is 0 Å². The third kappa shape index (κ3) is 4.56. The highest BCUT2D eigenvalue weighted by Gasteiger charge is 1.72. The lowest BCUT2D eigenvalue weighted by Gasteiger charge is -1.83. The number of para-hydroxylation sites is 1. The Kier molecular flexibility index (Phi) is 4.65. The highest BCUT2D eigenvalue weighted by molar-refractivity contribution is 5.36. The predicted octanol–water partition coefficient (Wildman–Crippen LogP) is 1.16. The zero-order chi connectivity index (χ0) is 7.82. The van der Waals surface area contributed by atoms with Crippen LogP contribution in [0.1, 0.15) is 0 Å². The Balaban J connectivity index is 0.000000236. The molecule has 0 aliphatic carbocycles. The second-order valence-electron chi connectivity index (χ2n) is 1.50. The summed E-state index contributed by atoms with van der Waals surface area (Å²) >= 11 is 0. The third-order valence-corrected chi connectivity index (χ3v) is 0.800. The molecule has 1 aromatic carbocycles. The van der Waals surface area contributed by atoms with Gasteiger partial charge in [0.15, 0.2) is 0 Å². The van der Waals surface area contributed by atoms with Crippen molar-refractivity contribution in [1.82, 2.24) is 0 Å². The molecule has 0 unspecified atom stereocenters. The van der Waals surface area contributed by atoms with E-state index < -0.39 is 0 Å². The van der Waals surface area contributed by atoms with Gasteiger partial charge in [-0.25, -0.2) is 0 Å². The SMILES string of the molecule is Nc1ccccc1.[N-]=C=O. The smallest absolute Gasteiger partial charge is 0.0313 e. The molecule has 0 saturated heterocycles. The van der Waals surface area contributed by atoms with E-state index in [1.165, 1.54) is 0 Å². The number of nitrogens with two attached hydrogens (primary N) is 1. The topological polar surface area (TPSA) is 65.4 Å². The van der Waals surface area contributed by atoms with Crippen molar-refractivity contribution in [3.63, 3.8) is 0 Å². The Bertz CT molecular complexity index is 202. The minimum atomic E-state index is 0.500. The van der Waals surface area contributed by atoms with Gasteiger partial charge in [0.2, 0.25) is 0 Å². The summed E-state index contributed by atoms with van der Waals surface area (Å²) in [6.07, 6.45) is 0.500. The zero-order valence-electron chi connectivity index (χ0n) is 5.32. The zero-order valence-corrected chi connectivity index (χ0v) is 5.32. The standard InChI is InChI=1S/C6H7N.CNO/c7-6-4-2-1-3-5-6;2-1-3/h1-5H,7H2;/q;-1. The number of benzene rings is 1. The van der Waals surface area contributed by atoms with Crippen molar-refractivity contribution in [1.29, 1.82) is 0 Å². The molecule has 3 nitrogen and oxygen atoms in total. The van der Waals surface area contributed by atoms with Crippen LogP contribution in [0.15, 0.2) is 30.3 Å². The van der Waals surface area contributed by atoms with Crippen LogP contribution in [-0.2, 0) is 4.79 Å². The van der Waals surface area contributed by atoms with Crippen molar-refractivity contribution < 1.29 is 4.79 Å². The van der Waals surface area contributed by atoms with Gasteiger partial charge in [0.25, 0.3) is 0 Å². The van der Waals surface area contributed by atoms with Gasteiger partial charge in [-0.05, 0) is 18.2 Å². The number of rotatable bonds is 0. The average molecular weight is 135 g/mol. The van der Waals surface area contributed by atoms with Crippen molar-refractivity contribution in [3.05, 3.63) is 35.7 Å². The summed E-state index contributed by atoms with van der Waals surface area (Å²) in [5.41, 5.74) is 6.18. The largest absolute Gasteiger partial charge is 0.724 e. The first-order chi connectivity index (χ1) is 4.81. The molecular formula is C7H7N2O-. The molecule has 0 heterocycles. The van der Waals surface area contributed by atoms with Crippen molar-refractivity contribution in [2.75, 3.05) is 5.73 Å². The van der Waals surface area contributed by atoms with E-state index in [4.69, 9.17) is 15.9 Å². The lowest BCUT2D eigenvalue weighted by Crippen LogP contribution is -1.79. The predicted molar refractivity (Wildman–Crippen MR) is 39.9 cm³/mol. The molecule has 0 fully saturated rings. The molecule has 1 aromatic rings. The summed E-state index contributed by atoms with van der Waals surface area (Å²) in [7, 11) is 0. The fourth-order valence-electron chi connectivity index (χ4n) is 0.453. The number of carbonyl (C=O) groups excluding carboxylic acids is 1. The van der Waals surface area contributed by atoms with E-state index in [0.29, 0.717) is 6.08 Å². The molecule has 52 valence electrons. The molecule has 0 amide bonds. The highest BCUT2D eigenvalue weighted by atomic mass is 16.1. The number of nitrogen functional groups attached to an aromatic ring is 1. The fourth-order valence-corrected chi connectivity index (χ4v) is 0.453. The Morgan fingerprint density at radius 2 is 1.70 bits per heavy atom. The second kappa shape index (κ2) is 5.54. The third-order valence-electron chi connectivity index (χ3n) is 0.800.